The Hall–Kier alpha value is 0.314. The molecule has 0 unspecified atom stereocenters. The molecule has 0 N–H and O–H groups in total. The van der Waals surface area contributed by atoms with Crippen LogP contribution in [0.5, 0.6) is 0 Å². The Labute approximate surface area is 220 Å². The summed E-state index contributed by atoms with van der Waals surface area (Å²) < 4.78 is 4.88. The van der Waals surface area contributed by atoms with E-state index in [1.165, 1.54) is 6.42 Å². The van der Waals surface area contributed by atoms with Crippen LogP contribution in [0.15, 0.2) is 0 Å². The highest BCUT2D eigenvalue weighted by Gasteiger charge is 1.97. The van der Waals surface area contributed by atoms with Gasteiger partial charge in [0.05, 0.1) is 6.61 Å². The van der Waals surface area contributed by atoms with Gasteiger partial charge in [0.15, 0.2) is 0 Å². The van der Waals surface area contributed by atoms with Crippen LogP contribution in [-0.2, 0) is 9.53 Å². The first-order valence-electron chi connectivity index (χ1n) is 5.38. The fraction of sp³-hybridized carbons (Fsp3) is 0.933. The second kappa shape index (κ2) is 221. The topological polar surface area (TPSA) is 26.3 Å². The predicted molar refractivity (Wildman–Crippen MR) is 158 cm³/mol. The van der Waals surface area contributed by atoms with Gasteiger partial charge >= 0.3 is 5.97 Å². The first-order chi connectivity index (χ1) is 6.22. The van der Waals surface area contributed by atoms with Gasteiger partial charge < -0.3 is 4.74 Å². The van der Waals surface area contributed by atoms with Crippen molar-refractivity contribution in [1.29, 1.82) is 0 Å². The molecule has 30 heavy (non-hydrogen) atoms. The van der Waals surface area contributed by atoms with Crippen LogP contribution < -0.4 is 0 Å². The van der Waals surface area contributed by atoms with Gasteiger partial charge in [0.2, 0.25) is 0 Å². The van der Waals surface area contributed by atoms with Gasteiger partial charge in [-0.1, -0.05) is 70.2 Å². The van der Waals surface area contributed by atoms with E-state index < -0.39 is 0 Å². The second-order valence-electron chi connectivity index (χ2n) is 3.03. The zero-order valence-corrected chi connectivity index (χ0v) is 17.1. The molecule has 0 spiro atoms. The van der Waals surface area contributed by atoms with Gasteiger partial charge in [-0.05, 0) is 12.8 Å². The van der Waals surface area contributed by atoms with Gasteiger partial charge in [0.25, 0.3) is 0 Å². The monoisotopic (exact) mass is 395 g/mol. The highest BCUT2D eigenvalue weighted by Crippen LogP contribution is 1.93. The number of ether oxygens (including phenoxy) is 1. The molecule has 0 amide bonds. The third-order valence-corrected chi connectivity index (χ3v) is 1.22. The summed E-state index contributed by atoms with van der Waals surface area (Å²) in [5, 5.41) is 0. The smallest absolute Gasteiger partial charge is 0.305 e. The van der Waals surface area contributed by atoms with Gasteiger partial charge in [-0.25, -0.2) is 0 Å². The SMILES string of the molecule is C.C.C.C.CCC.CCCCOC(=O)CCC.[B].[B].[B].[B].[B].[B].[B].[B].[B].[B].[B].[B].[B]. The molecule has 2 nitrogen and oxygen atoms in total. The molecule has 0 rings (SSSR count). The van der Waals surface area contributed by atoms with E-state index in [-0.39, 0.29) is 145 Å². The number of hydrogen-bond donors (Lipinski definition) is 0. The van der Waals surface area contributed by atoms with E-state index in [1.54, 1.807) is 0 Å². The fourth-order valence-electron chi connectivity index (χ4n) is 0.607. The largest absolute Gasteiger partial charge is 0.466 e. The number of carbonyl (C=O) groups is 1. The van der Waals surface area contributed by atoms with Crippen LogP contribution in [0.1, 0.15) is 89.5 Å². The zero-order valence-electron chi connectivity index (χ0n) is 17.1. The van der Waals surface area contributed by atoms with E-state index in [4.69, 9.17) is 4.74 Å². The maximum absolute atomic E-state index is 10.7. The molecule has 0 saturated carbocycles. The molecular formula is C15H40B13O2. The van der Waals surface area contributed by atoms with Crippen LogP contribution in [0.2, 0.25) is 0 Å². The maximum Gasteiger partial charge on any atom is 0.305 e. The Balaban J connectivity index is -0.00000000339. The summed E-state index contributed by atoms with van der Waals surface area (Å²) in [5.41, 5.74) is 0. The molecular weight excluding hydrogens is 353 g/mol. The van der Waals surface area contributed by atoms with Crippen LogP contribution >= 0.6 is 0 Å². The third-order valence-electron chi connectivity index (χ3n) is 1.22. The molecule has 0 saturated heterocycles. The summed E-state index contributed by atoms with van der Waals surface area (Å²) in [6.07, 6.45) is 4.75. The number of hydrogen-bond acceptors (Lipinski definition) is 2. The minimum absolute atomic E-state index is 0. The lowest BCUT2D eigenvalue weighted by molar-refractivity contribution is -0.143. The lowest BCUT2D eigenvalue weighted by Gasteiger charge is -2.00. The molecule has 0 aromatic heterocycles. The van der Waals surface area contributed by atoms with Crippen molar-refractivity contribution in [3.05, 3.63) is 0 Å². The summed E-state index contributed by atoms with van der Waals surface area (Å²) >= 11 is 0. The normalized spacial score (nSPS) is 3.73. The number of rotatable bonds is 5. The molecule has 0 aromatic carbocycles. The van der Waals surface area contributed by atoms with E-state index in [0.29, 0.717) is 13.0 Å². The van der Waals surface area contributed by atoms with Gasteiger partial charge in [-0.15, -0.1) is 0 Å². The second-order valence-corrected chi connectivity index (χ2v) is 3.03. The molecule has 0 aliphatic heterocycles. The van der Waals surface area contributed by atoms with Crippen molar-refractivity contribution in [2.45, 2.75) is 89.5 Å². The number of carbonyl (C=O) groups excluding carboxylic acids is 1. The van der Waals surface area contributed by atoms with Crippen LogP contribution in [0.3, 0.4) is 0 Å². The Bertz CT molecular complexity index is 131. The summed E-state index contributed by atoms with van der Waals surface area (Å²) in [6.45, 7) is 8.89. The van der Waals surface area contributed by atoms with Crippen molar-refractivity contribution < 1.29 is 9.53 Å². The molecule has 0 fully saturated rings. The van der Waals surface area contributed by atoms with Crippen molar-refractivity contribution in [1.82, 2.24) is 0 Å². The lowest BCUT2D eigenvalue weighted by atomic mass is 10.3. The molecule has 0 atom stereocenters. The summed E-state index contributed by atoms with van der Waals surface area (Å²) in [6, 6.07) is 0. The molecule has 0 bridgehead atoms. The van der Waals surface area contributed by atoms with E-state index >= 15 is 0 Å². The number of unbranched alkanes of at least 4 members (excludes halogenated alkanes) is 1. The van der Waals surface area contributed by atoms with E-state index in [2.05, 4.69) is 20.8 Å². The molecule has 151 valence electrons. The highest BCUT2D eigenvalue weighted by molar-refractivity contribution is 5.77. The maximum atomic E-state index is 10.7. The molecule has 0 aliphatic rings. The first-order valence-corrected chi connectivity index (χ1v) is 5.38. The van der Waals surface area contributed by atoms with E-state index in [1.807, 2.05) is 6.92 Å². The predicted octanol–water partition coefficient (Wildman–Crippen LogP) is 1.14. The van der Waals surface area contributed by atoms with Crippen LogP contribution in [0, 0.1) is 0 Å². The molecule has 0 aliphatic carbocycles. The molecule has 39 radical (unpaired) electrons. The van der Waals surface area contributed by atoms with Gasteiger partial charge in [0, 0.05) is 116 Å². The van der Waals surface area contributed by atoms with E-state index in [0.717, 1.165) is 19.3 Å². The summed E-state index contributed by atoms with van der Waals surface area (Å²) in [4.78, 5) is 10.7. The minimum Gasteiger partial charge on any atom is -0.466 e. The van der Waals surface area contributed by atoms with Gasteiger partial charge in [-0.2, -0.15) is 0 Å². The van der Waals surface area contributed by atoms with Gasteiger partial charge in [-0.3, -0.25) is 4.79 Å². The first kappa shape index (κ1) is 203. The van der Waals surface area contributed by atoms with Gasteiger partial charge in [0.1, 0.15) is 0 Å². The van der Waals surface area contributed by atoms with Crippen LogP contribution in [0.4, 0.5) is 0 Å². The average molecular weight is 393 g/mol. The highest BCUT2D eigenvalue weighted by atomic mass is 16.5. The average Bonchev–Trinajstić information content (AvgIpc) is 2.07. The number of esters is 1. The van der Waals surface area contributed by atoms with Crippen molar-refractivity contribution >= 4 is 115 Å². The zero-order chi connectivity index (χ0) is 10.5. The lowest BCUT2D eigenvalue weighted by Crippen LogP contribution is -2.04. The third kappa shape index (κ3) is 306. The Morgan fingerprint density at radius 3 is 0.933 bits per heavy atom. The summed E-state index contributed by atoms with van der Waals surface area (Å²) in [5.74, 6) is -0.0593. The van der Waals surface area contributed by atoms with Crippen molar-refractivity contribution in [2.24, 2.45) is 0 Å². The fourth-order valence-corrected chi connectivity index (χ4v) is 0.607. The Morgan fingerprint density at radius 2 is 0.767 bits per heavy atom. The quantitative estimate of drug-likeness (QED) is 0.398. The standard InChI is InChI=1S/C8H16O2.C3H8.4CH4.13B/c1-3-5-7-10-8(9)6-4-2;1-3-2;;;;;;;;;;;;;;;;;/h3-7H2,1-2H3;3H2,1-2H3;4*1H4;;;;;;;;;;;;;. The molecule has 0 heterocycles. The summed E-state index contributed by atoms with van der Waals surface area (Å²) in [7, 11) is 0. The van der Waals surface area contributed by atoms with Crippen molar-refractivity contribution in [2.75, 3.05) is 6.61 Å². The van der Waals surface area contributed by atoms with Crippen LogP contribution in [-0.4, -0.2) is 122 Å². The minimum atomic E-state index is -0.0593. The Kier molecular flexibility index (Phi) is 1500. The molecule has 15 heteroatoms. The molecule has 0 aromatic rings. The van der Waals surface area contributed by atoms with Crippen LogP contribution in [0.25, 0.3) is 0 Å². The van der Waals surface area contributed by atoms with Crippen molar-refractivity contribution in [3.8, 4) is 0 Å². The van der Waals surface area contributed by atoms with E-state index in [9.17, 15) is 4.79 Å². The Morgan fingerprint density at radius 1 is 0.533 bits per heavy atom. The van der Waals surface area contributed by atoms with Crippen molar-refractivity contribution in [3.63, 3.8) is 0 Å².